The minimum Gasteiger partial charge on any atom is -0.320 e. The topological polar surface area (TPSA) is 65.8 Å². The predicted molar refractivity (Wildman–Crippen MR) is 75.8 cm³/mol. The number of aryl methyl sites for hydroxylation is 1. The van der Waals surface area contributed by atoms with Crippen molar-refractivity contribution in [3.8, 4) is 6.07 Å². The quantitative estimate of drug-likeness (QED) is 0.865. The number of benzene rings is 1. The maximum atomic E-state index is 12.0. The smallest absolute Gasteiger partial charge is 0.274 e. The van der Waals surface area contributed by atoms with Crippen LogP contribution in [0.15, 0.2) is 41.0 Å². The molecule has 1 amide bonds. The number of halogens is 1. The van der Waals surface area contributed by atoms with Gasteiger partial charge >= 0.3 is 0 Å². The normalized spacial score (nSPS) is 9.74. The SMILES string of the molecule is Cc1ccc(C#N)cc1NC(=O)c1cccc(Br)n1. The highest BCUT2D eigenvalue weighted by atomic mass is 79.9. The van der Waals surface area contributed by atoms with Crippen molar-refractivity contribution in [1.29, 1.82) is 5.26 Å². The van der Waals surface area contributed by atoms with Gasteiger partial charge in [0, 0.05) is 5.69 Å². The lowest BCUT2D eigenvalue weighted by atomic mass is 10.1. The van der Waals surface area contributed by atoms with E-state index in [9.17, 15) is 4.79 Å². The van der Waals surface area contributed by atoms with Crippen molar-refractivity contribution in [1.82, 2.24) is 4.98 Å². The molecule has 0 spiro atoms. The Balaban J connectivity index is 2.27. The van der Waals surface area contributed by atoms with Crippen LogP contribution in [0.25, 0.3) is 0 Å². The number of aromatic nitrogens is 1. The molecule has 1 aromatic heterocycles. The number of nitrogens with zero attached hydrogens (tertiary/aromatic N) is 2. The number of anilines is 1. The van der Waals surface area contributed by atoms with E-state index in [1.807, 2.05) is 13.0 Å². The molecule has 1 aromatic carbocycles. The van der Waals surface area contributed by atoms with Gasteiger partial charge in [-0.15, -0.1) is 0 Å². The summed E-state index contributed by atoms with van der Waals surface area (Å²) in [6.45, 7) is 1.87. The predicted octanol–water partition coefficient (Wildman–Crippen LogP) is 3.28. The maximum absolute atomic E-state index is 12.0. The number of carbonyl (C=O) groups excluding carboxylic acids is 1. The standard InChI is InChI=1S/C14H10BrN3O/c1-9-5-6-10(8-16)7-12(9)18-14(19)11-3-2-4-13(15)17-11/h2-7H,1H3,(H,18,19). The maximum Gasteiger partial charge on any atom is 0.274 e. The summed E-state index contributed by atoms with van der Waals surface area (Å²) >= 11 is 3.22. The molecule has 0 bridgehead atoms. The molecule has 2 aromatic rings. The zero-order valence-electron chi connectivity index (χ0n) is 10.1. The first-order valence-electron chi connectivity index (χ1n) is 5.55. The summed E-state index contributed by atoms with van der Waals surface area (Å²) in [5, 5.41) is 11.6. The number of rotatable bonds is 2. The second-order valence-electron chi connectivity index (χ2n) is 3.94. The van der Waals surface area contributed by atoms with E-state index in [1.54, 1.807) is 36.4 Å². The molecule has 4 nitrogen and oxygen atoms in total. The molecule has 0 saturated heterocycles. The van der Waals surface area contributed by atoms with Crippen LogP contribution in [0.2, 0.25) is 0 Å². The molecular weight excluding hydrogens is 306 g/mol. The third-order valence-electron chi connectivity index (χ3n) is 2.56. The molecule has 0 aliphatic heterocycles. The molecule has 0 saturated carbocycles. The highest BCUT2D eigenvalue weighted by molar-refractivity contribution is 9.10. The Hall–Kier alpha value is -2.19. The molecule has 0 fully saturated rings. The Morgan fingerprint density at radius 1 is 1.37 bits per heavy atom. The van der Waals surface area contributed by atoms with Crippen molar-refractivity contribution in [3.63, 3.8) is 0 Å². The molecule has 0 radical (unpaired) electrons. The summed E-state index contributed by atoms with van der Waals surface area (Å²) in [6, 6.07) is 12.3. The molecule has 0 atom stereocenters. The van der Waals surface area contributed by atoms with Gasteiger partial charge in [0.1, 0.15) is 10.3 Å². The second-order valence-corrected chi connectivity index (χ2v) is 4.75. The van der Waals surface area contributed by atoms with Crippen molar-refractivity contribution in [2.45, 2.75) is 6.92 Å². The van der Waals surface area contributed by atoms with E-state index in [2.05, 4.69) is 26.2 Å². The second kappa shape index (κ2) is 5.63. The molecule has 2 rings (SSSR count). The van der Waals surface area contributed by atoms with Crippen molar-refractivity contribution >= 4 is 27.5 Å². The van der Waals surface area contributed by atoms with Crippen LogP contribution in [0.1, 0.15) is 21.6 Å². The summed E-state index contributed by atoms with van der Waals surface area (Å²) in [4.78, 5) is 16.1. The molecule has 19 heavy (non-hydrogen) atoms. The van der Waals surface area contributed by atoms with Crippen molar-refractivity contribution in [3.05, 3.63) is 57.8 Å². The van der Waals surface area contributed by atoms with Gasteiger partial charge in [-0.3, -0.25) is 4.79 Å². The van der Waals surface area contributed by atoms with Crippen molar-refractivity contribution in [2.75, 3.05) is 5.32 Å². The van der Waals surface area contributed by atoms with E-state index < -0.39 is 0 Å². The van der Waals surface area contributed by atoms with Gasteiger partial charge in [0.25, 0.3) is 5.91 Å². The number of hydrogen-bond acceptors (Lipinski definition) is 3. The molecule has 0 aliphatic carbocycles. The highest BCUT2D eigenvalue weighted by Crippen LogP contribution is 2.17. The average molecular weight is 316 g/mol. The largest absolute Gasteiger partial charge is 0.320 e. The summed E-state index contributed by atoms with van der Waals surface area (Å²) in [6.07, 6.45) is 0. The van der Waals surface area contributed by atoms with Gasteiger partial charge in [-0.1, -0.05) is 12.1 Å². The van der Waals surface area contributed by atoms with Crippen LogP contribution in [0.3, 0.4) is 0 Å². The first-order chi connectivity index (χ1) is 9.10. The Labute approximate surface area is 119 Å². The number of nitrogens with one attached hydrogen (secondary N) is 1. The van der Waals surface area contributed by atoms with Gasteiger partial charge in [0.05, 0.1) is 11.6 Å². The Bertz CT molecular complexity index is 677. The lowest BCUT2D eigenvalue weighted by Gasteiger charge is -2.08. The minimum atomic E-state index is -0.306. The fourth-order valence-electron chi connectivity index (χ4n) is 1.55. The van der Waals surface area contributed by atoms with E-state index >= 15 is 0 Å². The van der Waals surface area contributed by atoms with Gasteiger partial charge in [0.2, 0.25) is 0 Å². The van der Waals surface area contributed by atoms with Crippen LogP contribution in [0, 0.1) is 18.3 Å². The van der Waals surface area contributed by atoms with E-state index in [4.69, 9.17) is 5.26 Å². The zero-order chi connectivity index (χ0) is 13.8. The third-order valence-corrected chi connectivity index (χ3v) is 3.00. The number of pyridine rings is 1. The van der Waals surface area contributed by atoms with Gasteiger partial charge < -0.3 is 5.32 Å². The van der Waals surface area contributed by atoms with E-state index in [-0.39, 0.29) is 5.91 Å². The molecule has 0 unspecified atom stereocenters. The summed E-state index contributed by atoms with van der Waals surface area (Å²) in [5.41, 5.74) is 2.33. The highest BCUT2D eigenvalue weighted by Gasteiger charge is 2.09. The van der Waals surface area contributed by atoms with Gasteiger partial charge in [-0.05, 0) is 52.7 Å². The fraction of sp³-hybridized carbons (Fsp3) is 0.0714. The lowest BCUT2D eigenvalue weighted by molar-refractivity contribution is 0.102. The van der Waals surface area contributed by atoms with E-state index in [0.29, 0.717) is 21.5 Å². The van der Waals surface area contributed by atoms with Crippen LogP contribution >= 0.6 is 15.9 Å². The lowest BCUT2D eigenvalue weighted by Crippen LogP contribution is -2.14. The van der Waals surface area contributed by atoms with E-state index in [1.165, 1.54) is 0 Å². The molecule has 1 heterocycles. The fourth-order valence-corrected chi connectivity index (χ4v) is 1.89. The van der Waals surface area contributed by atoms with Crippen molar-refractivity contribution in [2.24, 2.45) is 0 Å². The number of amides is 1. The van der Waals surface area contributed by atoms with E-state index in [0.717, 1.165) is 5.56 Å². The molecular formula is C14H10BrN3O. The Kier molecular flexibility index (Phi) is 3.93. The first-order valence-corrected chi connectivity index (χ1v) is 6.34. The summed E-state index contributed by atoms with van der Waals surface area (Å²) < 4.78 is 0.600. The third kappa shape index (κ3) is 3.18. The number of hydrogen-bond donors (Lipinski definition) is 1. The molecule has 0 aliphatic rings. The average Bonchev–Trinajstić information content (AvgIpc) is 2.41. The monoisotopic (exact) mass is 315 g/mol. The Morgan fingerprint density at radius 2 is 2.16 bits per heavy atom. The summed E-state index contributed by atoms with van der Waals surface area (Å²) in [5.74, 6) is -0.306. The zero-order valence-corrected chi connectivity index (χ0v) is 11.7. The van der Waals surface area contributed by atoms with Crippen LogP contribution in [0.5, 0.6) is 0 Å². The van der Waals surface area contributed by atoms with Crippen LogP contribution < -0.4 is 5.32 Å². The van der Waals surface area contributed by atoms with Crippen molar-refractivity contribution < 1.29 is 4.79 Å². The van der Waals surface area contributed by atoms with Crippen LogP contribution in [0.4, 0.5) is 5.69 Å². The van der Waals surface area contributed by atoms with Crippen LogP contribution in [-0.4, -0.2) is 10.9 Å². The van der Waals surface area contributed by atoms with Gasteiger partial charge in [-0.2, -0.15) is 5.26 Å². The first kappa shape index (κ1) is 13.2. The Morgan fingerprint density at radius 3 is 2.84 bits per heavy atom. The molecule has 5 heteroatoms. The van der Waals surface area contributed by atoms with Crippen LogP contribution in [-0.2, 0) is 0 Å². The van der Waals surface area contributed by atoms with Gasteiger partial charge in [0.15, 0.2) is 0 Å². The molecule has 1 N–H and O–H groups in total. The minimum absolute atomic E-state index is 0.306. The summed E-state index contributed by atoms with van der Waals surface area (Å²) in [7, 11) is 0. The number of nitriles is 1. The molecule has 94 valence electrons. The van der Waals surface area contributed by atoms with Gasteiger partial charge in [-0.25, -0.2) is 4.98 Å². The number of carbonyl (C=O) groups is 1.